The lowest BCUT2D eigenvalue weighted by molar-refractivity contribution is 0.590. The minimum Gasteiger partial charge on any atom is -0.310 e. The van der Waals surface area contributed by atoms with E-state index in [1.54, 1.807) is 0 Å². The van der Waals surface area contributed by atoms with Gasteiger partial charge in [-0.1, -0.05) is 27.7 Å². The van der Waals surface area contributed by atoms with Crippen molar-refractivity contribution in [2.45, 2.75) is 60.0 Å². The standard InChI is InChI=1S/C18H26N2/c1-11(2)17-9-15(10-19-12(3)4)16-7-13(5)14(6)8-18(16)20-17/h7-9,11-12,19H,10H2,1-6H3. The molecule has 1 N–H and O–H groups in total. The van der Waals surface area contributed by atoms with Crippen LogP contribution in [0.4, 0.5) is 0 Å². The summed E-state index contributed by atoms with van der Waals surface area (Å²) in [5.74, 6) is 0.457. The fraction of sp³-hybridized carbons (Fsp3) is 0.500. The predicted molar refractivity (Wildman–Crippen MR) is 87.3 cm³/mol. The third-order valence-corrected chi connectivity index (χ3v) is 3.82. The first-order valence-electron chi connectivity index (χ1n) is 7.52. The molecule has 0 aliphatic heterocycles. The van der Waals surface area contributed by atoms with Crippen LogP contribution in [0.5, 0.6) is 0 Å². The van der Waals surface area contributed by atoms with Gasteiger partial charge in [0.2, 0.25) is 0 Å². The van der Waals surface area contributed by atoms with Gasteiger partial charge in [-0.3, -0.25) is 4.98 Å². The van der Waals surface area contributed by atoms with Crippen molar-refractivity contribution in [3.63, 3.8) is 0 Å². The SMILES string of the molecule is Cc1cc2nc(C(C)C)cc(CNC(C)C)c2cc1C. The smallest absolute Gasteiger partial charge is 0.0711 e. The molecule has 2 rings (SSSR count). The van der Waals surface area contributed by atoms with Gasteiger partial charge in [-0.05, 0) is 54.7 Å². The van der Waals surface area contributed by atoms with Crippen molar-refractivity contribution >= 4 is 10.9 Å². The summed E-state index contributed by atoms with van der Waals surface area (Å²) in [5, 5.41) is 4.81. The number of aromatic nitrogens is 1. The fourth-order valence-electron chi connectivity index (χ4n) is 2.33. The minimum atomic E-state index is 0.457. The molecular formula is C18H26N2. The van der Waals surface area contributed by atoms with Crippen molar-refractivity contribution in [2.24, 2.45) is 0 Å². The third kappa shape index (κ3) is 3.18. The Balaban J connectivity index is 2.58. The number of pyridine rings is 1. The molecule has 20 heavy (non-hydrogen) atoms. The second-order valence-electron chi connectivity index (χ2n) is 6.35. The summed E-state index contributed by atoms with van der Waals surface area (Å²) in [7, 11) is 0. The average Bonchev–Trinajstić information content (AvgIpc) is 2.37. The molecule has 1 aromatic heterocycles. The molecule has 0 fully saturated rings. The Hall–Kier alpha value is -1.41. The first kappa shape index (κ1) is 15.0. The first-order chi connectivity index (χ1) is 9.38. The lowest BCUT2D eigenvalue weighted by Crippen LogP contribution is -2.22. The highest BCUT2D eigenvalue weighted by Crippen LogP contribution is 2.25. The molecule has 0 amide bonds. The fourth-order valence-corrected chi connectivity index (χ4v) is 2.33. The maximum atomic E-state index is 4.84. The molecule has 0 bridgehead atoms. The molecule has 108 valence electrons. The van der Waals surface area contributed by atoms with Crippen molar-refractivity contribution in [3.8, 4) is 0 Å². The van der Waals surface area contributed by atoms with Crippen molar-refractivity contribution < 1.29 is 0 Å². The number of benzene rings is 1. The number of nitrogens with zero attached hydrogens (tertiary/aromatic N) is 1. The number of hydrogen-bond donors (Lipinski definition) is 1. The lowest BCUT2D eigenvalue weighted by Gasteiger charge is -2.15. The number of rotatable bonds is 4. The highest BCUT2D eigenvalue weighted by Gasteiger charge is 2.10. The Kier molecular flexibility index (Phi) is 4.44. The molecule has 0 aliphatic rings. The molecular weight excluding hydrogens is 244 g/mol. The Morgan fingerprint density at radius 1 is 1.00 bits per heavy atom. The Labute approximate surface area is 122 Å². The number of aryl methyl sites for hydroxylation is 2. The van der Waals surface area contributed by atoms with Crippen LogP contribution in [0.25, 0.3) is 10.9 Å². The topological polar surface area (TPSA) is 24.9 Å². The van der Waals surface area contributed by atoms with Crippen LogP contribution < -0.4 is 5.32 Å². The summed E-state index contributed by atoms with van der Waals surface area (Å²) in [6.45, 7) is 14.0. The second kappa shape index (κ2) is 5.92. The molecule has 2 aromatic rings. The van der Waals surface area contributed by atoms with E-state index < -0.39 is 0 Å². The largest absolute Gasteiger partial charge is 0.310 e. The van der Waals surface area contributed by atoms with Crippen LogP contribution >= 0.6 is 0 Å². The second-order valence-corrected chi connectivity index (χ2v) is 6.35. The predicted octanol–water partition coefficient (Wildman–Crippen LogP) is 4.47. The first-order valence-corrected chi connectivity index (χ1v) is 7.52. The summed E-state index contributed by atoms with van der Waals surface area (Å²) in [4.78, 5) is 4.84. The molecule has 0 unspecified atom stereocenters. The van der Waals surface area contributed by atoms with Crippen LogP contribution in [0.3, 0.4) is 0 Å². The van der Waals surface area contributed by atoms with Crippen LogP contribution in [0.15, 0.2) is 18.2 Å². The van der Waals surface area contributed by atoms with Crippen LogP contribution in [0, 0.1) is 13.8 Å². The zero-order chi connectivity index (χ0) is 14.9. The van der Waals surface area contributed by atoms with E-state index >= 15 is 0 Å². The van der Waals surface area contributed by atoms with Gasteiger partial charge in [-0.15, -0.1) is 0 Å². The van der Waals surface area contributed by atoms with Crippen LogP contribution in [0.2, 0.25) is 0 Å². The lowest BCUT2D eigenvalue weighted by atomic mass is 9.99. The van der Waals surface area contributed by atoms with Gasteiger partial charge < -0.3 is 5.32 Å². The minimum absolute atomic E-state index is 0.457. The monoisotopic (exact) mass is 270 g/mol. The Morgan fingerprint density at radius 3 is 2.25 bits per heavy atom. The van der Waals surface area contributed by atoms with Gasteiger partial charge >= 0.3 is 0 Å². The van der Waals surface area contributed by atoms with Gasteiger partial charge in [-0.25, -0.2) is 0 Å². The molecule has 0 saturated carbocycles. The van der Waals surface area contributed by atoms with Crippen molar-refractivity contribution in [1.29, 1.82) is 0 Å². The molecule has 0 aliphatic carbocycles. The van der Waals surface area contributed by atoms with Crippen LogP contribution in [-0.2, 0) is 6.54 Å². The van der Waals surface area contributed by atoms with Gasteiger partial charge in [0, 0.05) is 23.7 Å². The summed E-state index contributed by atoms with van der Waals surface area (Å²) < 4.78 is 0. The van der Waals surface area contributed by atoms with Crippen LogP contribution in [0.1, 0.15) is 56.0 Å². The van der Waals surface area contributed by atoms with E-state index in [2.05, 4.69) is 65.1 Å². The summed E-state index contributed by atoms with van der Waals surface area (Å²) in [5.41, 5.74) is 6.31. The van der Waals surface area contributed by atoms with Gasteiger partial charge in [0.25, 0.3) is 0 Å². The Bertz CT molecular complexity index is 612. The van der Waals surface area contributed by atoms with E-state index in [-0.39, 0.29) is 0 Å². The summed E-state index contributed by atoms with van der Waals surface area (Å²) in [6.07, 6.45) is 0. The number of nitrogens with one attached hydrogen (secondary N) is 1. The highest BCUT2D eigenvalue weighted by molar-refractivity contribution is 5.84. The van der Waals surface area contributed by atoms with Crippen molar-refractivity contribution in [2.75, 3.05) is 0 Å². The van der Waals surface area contributed by atoms with E-state index in [9.17, 15) is 0 Å². The molecule has 2 heteroatoms. The van der Waals surface area contributed by atoms with E-state index in [0.717, 1.165) is 12.1 Å². The summed E-state index contributed by atoms with van der Waals surface area (Å²) >= 11 is 0. The maximum absolute atomic E-state index is 4.84. The van der Waals surface area contributed by atoms with Gasteiger partial charge in [0.05, 0.1) is 5.52 Å². The molecule has 0 saturated heterocycles. The zero-order valence-corrected chi connectivity index (χ0v) is 13.5. The van der Waals surface area contributed by atoms with Gasteiger partial charge in [0.15, 0.2) is 0 Å². The van der Waals surface area contributed by atoms with Crippen molar-refractivity contribution in [1.82, 2.24) is 10.3 Å². The molecule has 1 heterocycles. The summed E-state index contributed by atoms with van der Waals surface area (Å²) in [6, 6.07) is 7.25. The molecule has 0 radical (unpaired) electrons. The number of hydrogen-bond acceptors (Lipinski definition) is 2. The normalized spacial score (nSPS) is 11.8. The quantitative estimate of drug-likeness (QED) is 0.886. The van der Waals surface area contributed by atoms with E-state index in [1.165, 1.54) is 27.8 Å². The Morgan fingerprint density at radius 2 is 1.65 bits per heavy atom. The van der Waals surface area contributed by atoms with E-state index in [0.29, 0.717) is 12.0 Å². The van der Waals surface area contributed by atoms with Gasteiger partial charge in [-0.2, -0.15) is 0 Å². The molecule has 2 nitrogen and oxygen atoms in total. The van der Waals surface area contributed by atoms with Gasteiger partial charge in [0.1, 0.15) is 0 Å². The average molecular weight is 270 g/mol. The zero-order valence-electron chi connectivity index (χ0n) is 13.5. The maximum Gasteiger partial charge on any atom is 0.0711 e. The molecule has 0 spiro atoms. The van der Waals surface area contributed by atoms with Crippen LogP contribution in [-0.4, -0.2) is 11.0 Å². The number of fused-ring (bicyclic) bond motifs is 1. The van der Waals surface area contributed by atoms with E-state index in [4.69, 9.17) is 4.98 Å². The molecule has 0 atom stereocenters. The third-order valence-electron chi connectivity index (χ3n) is 3.82. The highest BCUT2D eigenvalue weighted by atomic mass is 14.9. The molecule has 1 aromatic carbocycles. The van der Waals surface area contributed by atoms with E-state index in [1.807, 2.05) is 0 Å². The van der Waals surface area contributed by atoms with Crippen molar-refractivity contribution in [3.05, 3.63) is 40.6 Å².